The van der Waals surface area contributed by atoms with Crippen LogP contribution in [0.4, 0.5) is 0 Å². The molecule has 0 bridgehead atoms. The van der Waals surface area contributed by atoms with Gasteiger partial charge in [-0.15, -0.1) is 0 Å². The van der Waals surface area contributed by atoms with Gasteiger partial charge in [-0.2, -0.15) is 0 Å². The van der Waals surface area contributed by atoms with Gasteiger partial charge in [-0.25, -0.2) is 0 Å². The van der Waals surface area contributed by atoms with E-state index in [-0.39, 0.29) is 0 Å². The maximum absolute atomic E-state index is 5.60. The molecular formula is C15H24BrNO2. The van der Waals surface area contributed by atoms with E-state index in [0.717, 1.165) is 36.4 Å². The van der Waals surface area contributed by atoms with Gasteiger partial charge >= 0.3 is 0 Å². The van der Waals surface area contributed by atoms with Crippen LogP contribution in [0.25, 0.3) is 0 Å². The van der Waals surface area contributed by atoms with Crippen LogP contribution in [0.1, 0.15) is 26.3 Å². The number of rotatable bonds is 9. The van der Waals surface area contributed by atoms with Crippen molar-refractivity contribution in [3.8, 4) is 5.75 Å². The highest BCUT2D eigenvalue weighted by molar-refractivity contribution is 9.10. The Labute approximate surface area is 124 Å². The monoisotopic (exact) mass is 329 g/mol. The lowest BCUT2D eigenvalue weighted by molar-refractivity contribution is 0.137. The molecule has 1 aromatic carbocycles. The fourth-order valence-corrected chi connectivity index (χ4v) is 2.22. The molecule has 0 radical (unpaired) electrons. The van der Waals surface area contributed by atoms with Crippen molar-refractivity contribution >= 4 is 15.9 Å². The second-order valence-electron chi connectivity index (χ2n) is 4.67. The van der Waals surface area contributed by atoms with Gasteiger partial charge in [0.25, 0.3) is 0 Å². The van der Waals surface area contributed by atoms with Crippen LogP contribution in [0.5, 0.6) is 5.75 Å². The lowest BCUT2D eigenvalue weighted by atomic mass is 10.1. The zero-order valence-corrected chi connectivity index (χ0v) is 13.6. The molecule has 1 rings (SSSR count). The first-order valence-electron chi connectivity index (χ1n) is 6.85. The highest BCUT2D eigenvalue weighted by Crippen LogP contribution is 2.26. The highest BCUT2D eigenvalue weighted by Gasteiger charge is 2.02. The second-order valence-corrected chi connectivity index (χ2v) is 5.52. The average Bonchev–Trinajstić information content (AvgIpc) is 2.36. The quantitative estimate of drug-likeness (QED) is 0.704. The summed E-state index contributed by atoms with van der Waals surface area (Å²) >= 11 is 3.52. The first-order valence-corrected chi connectivity index (χ1v) is 7.65. The molecule has 0 heterocycles. The normalized spacial score (nSPS) is 11.0. The number of ether oxygens (including phenoxy) is 2. The van der Waals surface area contributed by atoms with E-state index in [1.807, 2.05) is 13.0 Å². The van der Waals surface area contributed by atoms with Crippen molar-refractivity contribution in [2.75, 3.05) is 26.4 Å². The molecular weight excluding hydrogens is 306 g/mol. The van der Waals surface area contributed by atoms with E-state index in [9.17, 15) is 0 Å². The molecule has 108 valence electrons. The molecule has 3 nitrogen and oxygen atoms in total. The topological polar surface area (TPSA) is 30.5 Å². The molecule has 0 aromatic heterocycles. The molecule has 4 heteroatoms. The summed E-state index contributed by atoms with van der Waals surface area (Å²) in [6, 6.07) is 6.71. The van der Waals surface area contributed by atoms with Crippen LogP contribution in [0.15, 0.2) is 22.7 Å². The number of hydrogen-bond donors (Lipinski definition) is 1. The van der Waals surface area contributed by atoms with Gasteiger partial charge in [-0.1, -0.05) is 19.9 Å². The molecule has 0 saturated heterocycles. The van der Waals surface area contributed by atoms with E-state index < -0.39 is 0 Å². The summed E-state index contributed by atoms with van der Waals surface area (Å²) in [5, 5.41) is 3.33. The average molecular weight is 330 g/mol. The molecule has 0 aliphatic rings. The molecule has 0 atom stereocenters. The lowest BCUT2D eigenvalue weighted by Gasteiger charge is -2.10. The summed E-state index contributed by atoms with van der Waals surface area (Å²) in [6.07, 6.45) is 0.923. The standard InChI is InChI=1S/C15H24BrNO2/c1-4-19-15-6-5-13(11-14(15)16)7-9-18-10-8-17-12(2)3/h5-6,11-12,17H,4,7-10H2,1-3H3. The third-order valence-corrected chi connectivity index (χ3v) is 3.25. The van der Waals surface area contributed by atoms with E-state index in [0.29, 0.717) is 12.6 Å². The van der Waals surface area contributed by atoms with Gasteiger partial charge in [0.05, 0.1) is 24.3 Å². The van der Waals surface area contributed by atoms with Gasteiger partial charge < -0.3 is 14.8 Å². The molecule has 0 fully saturated rings. The van der Waals surface area contributed by atoms with Crippen LogP contribution >= 0.6 is 15.9 Å². The Bertz CT molecular complexity index is 369. The van der Waals surface area contributed by atoms with E-state index >= 15 is 0 Å². The van der Waals surface area contributed by atoms with Gasteiger partial charge in [0.2, 0.25) is 0 Å². The zero-order chi connectivity index (χ0) is 14.1. The van der Waals surface area contributed by atoms with Crippen LogP contribution in [-0.4, -0.2) is 32.4 Å². The van der Waals surface area contributed by atoms with E-state index in [2.05, 4.69) is 47.2 Å². The van der Waals surface area contributed by atoms with Crippen LogP contribution in [-0.2, 0) is 11.2 Å². The van der Waals surface area contributed by atoms with E-state index in [4.69, 9.17) is 9.47 Å². The summed E-state index contributed by atoms with van der Waals surface area (Å²) in [5.74, 6) is 0.897. The summed E-state index contributed by atoms with van der Waals surface area (Å²) in [5.41, 5.74) is 1.26. The third-order valence-electron chi connectivity index (χ3n) is 2.63. The van der Waals surface area contributed by atoms with Gasteiger partial charge in [0.1, 0.15) is 5.75 Å². The molecule has 1 N–H and O–H groups in total. The predicted molar refractivity (Wildman–Crippen MR) is 83.0 cm³/mol. The molecule has 0 spiro atoms. The van der Waals surface area contributed by atoms with Gasteiger partial charge in [-0.05, 0) is 47.0 Å². The second kappa shape index (κ2) is 9.34. The molecule has 1 aromatic rings. The fourth-order valence-electron chi connectivity index (χ4n) is 1.68. The van der Waals surface area contributed by atoms with Gasteiger partial charge in [0, 0.05) is 12.6 Å². The summed E-state index contributed by atoms with van der Waals surface area (Å²) in [4.78, 5) is 0. The minimum atomic E-state index is 0.519. The molecule has 0 aliphatic heterocycles. The molecule has 0 unspecified atom stereocenters. The van der Waals surface area contributed by atoms with Crippen LogP contribution < -0.4 is 10.1 Å². The number of benzene rings is 1. The van der Waals surface area contributed by atoms with Crippen molar-refractivity contribution in [1.29, 1.82) is 0 Å². The first kappa shape index (κ1) is 16.5. The third kappa shape index (κ3) is 6.95. The Morgan fingerprint density at radius 1 is 1.26 bits per heavy atom. The predicted octanol–water partition coefficient (Wildman–Crippen LogP) is 3.40. The Morgan fingerprint density at radius 3 is 2.68 bits per heavy atom. The van der Waals surface area contributed by atoms with Crippen molar-refractivity contribution in [3.05, 3.63) is 28.2 Å². The van der Waals surface area contributed by atoms with E-state index in [1.54, 1.807) is 0 Å². The smallest absolute Gasteiger partial charge is 0.133 e. The Morgan fingerprint density at radius 2 is 2.05 bits per heavy atom. The van der Waals surface area contributed by atoms with Crippen molar-refractivity contribution in [1.82, 2.24) is 5.32 Å². The molecule has 0 aliphatic carbocycles. The molecule has 0 amide bonds. The molecule has 0 saturated carbocycles. The lowest BCUT2D eigenvalue weighted by Crippen LogP contribution is -2.26. The van der Waals surface area contributed by atoms with Crippen LogP contribution in [0, 0.1) is 0 Å². The van der Waals surface area contributed by atoms with Gasteiger partial charge in [-0.3, -0.25) is 0 Å². The van der Waals surface area contributed by atoms with E-state index in [1.165, 1.54) is 5.56 Å². The SMILES string of the molecule is CCOc1ccc(CCOCCNC(C)C)cc1Br. The number of nitrogens with one attached hydrogen (secondary N) is 1. The first-order chi connectivity index (χ1) is 9.13. The molecule has 19 heavy (non-hydrogen) atoms. The zero-order valence-electron chi connectivity index (χ0n) is 12.0. The fraction of sp³-hybridized carbons (Fsp3) is 0.600. The summed E-state index contributed by atoms with van der Waals surface area (Å²) in [6.45, 7) is 9.36. The number of hydrogen-bond acceptors (Lipinski definition) is 3. The van der Waals surface area contributed by atoms with Crippen molar-refractivity contribution in [2.24, 2.45) is 0 Å². The Balaban J connectivity index is 2.24. The minimum Gasteiger partial charge on any atom is -0.493 e. The van der Waals surface area contributed by atoms with Crippen LogP contribution in [0.2, 0.25) is 0 Å². The highest BCUT2D eigenvalue weighted by atomic mass is 79.9. The number of halogens is 1. The Kier molecular flexibility index (Phi) is 8.10. The summed E-state index contributed by atoms with van der Waals surface area (Å²) < 4.78 is 12.1. The van der Waals surface area contributed by atoms with Crippen molar-refractivity contribution in [2.45, 2.75) is 33.2 Å². The maximum Gasteiger partial charge on any atom is 0.133 e. The van der Waals surface area contributed by atoms with Crippen molar-refractivity contribution < 1.29 is 9.47 Å². The van der Waals surface area contributed by atoms with Gasteiger partial charge in [0.15, 0.2) is 0 Å². The van der Waals surface area contributed by atoms with Crippen LogP contribution in [0.3, 0.4) is 0 Å². The largest absolute Gasteiger partial charge is 0.493 e. The summed E-state index contributed by atoms with van der Waals surface area (Å²) in [7, 11) is 0. The Hall–Kier alpha value is -0.580. The van der Waals surface area contributed by atoms with Crippen molar-refractivity contribution in [3.63, 3.8) is 0 Å². The maximum atomic E-state index is 5.60. The minimum absolute atomic E-state index is 0.519.